The van der Waals surface area contributed by atoms with Crippen LogP contribution in [0, 0.1) is 0 Å². The second-order valence-electron chi connectivity index (χ2n) is 4.41. The molecule has 19 heavy (non-hydrogen) atoms. The van der Waals surface area contributed by atoms with Gasteiger partial charge in [-0.15, -0.1) is 11.6 Å². The molecule has 0 radical (unpaired) electrons. The maximum atomic E-state index is 5.83. The third-order valence-electron chi connectivity index (χ3n) is 3.01. The fraction of sp³-hybridized carbons (Fsp3) is 0.267. The molecule has 0 aliphatic rings. The highest BCUT2D eigenvalue weighted by Gasteiger charge is 2.07. The predicted octanol–water partition coefficient (Wildman–Crippen LogP) is 4.26. The Morgan fingerprint density at radius 2 is 2.11 bits per heavy atom. The van der Waals surface area contributed by atoms with Crippen LogP contribution in [0.25, 0.3) is 0 Å². The lowest BCUT2D eigenvalue weighted by atomic mass is 10.2. The molecule has 0 atom stereocenters. The molecule has 0 aliphatic heterocycles. The summed E-state index contributed by atoms with van der Waals surface area (Å²) in [5, 5.41) is 0. The van der Waals surface area contributed by atoms with Crippen LogP contribution in [0.1, 0.15) is 11.3 Å². The Morgan fingerprint density at radius 1 is 1.26 bits per heavy atom. The van der Waals surface area contributed by atoms with Crippen molar-refractivity contribution >= 4 is 33.2 Å². The molecule has 2 rings (SSSR count). The lowest BCUT2D eigenvalue weighted by Gasteiger charge is -2.21. The van der Waals surface area contributed by atoms with Gasteiger partial charge in [-0.1, -0.05) is 12.1 Å². The summed E-state index contributed by atoms with van der Waals surface area (Å²) < 4.78 is 1.08. The molecule has 2 aromatic rings. The zero-order chi connectivity index (χ0) is 13.7. The summed E-state index contributed by atoms with van der Waals surface area (Å²) in [5.74, 6) is 0.538. The lowest BCUT2D eigenvalue weighted by molar-refractivity contribution is 0.850. The predicted molar refractivity (Wildman–Crippen MR) is 84.9 cm³/mol. The number of rotatable bonds is 5. The van der Waals surface area contributed by atoms with Gasteiger partial charge >= 0.3 is 0 Å². The van der Waals surface area contributed by atoms with Gasteiger partial charge in [0.05, 0.1) is 5.69 Å². The molecule has 0 aliphatic carbocycles. The number of pyridine rings is 1. The molecule has 0 saturated carbocycles. The molecule has 0 amide bonds. The van der Waals surface area contributed by atoms with Gasteiger partial charge in [0.2, 0.25) is 0 Å². The van der Waals surface area contributed by atoms with Crippen LogP contribution in [-0.2, 0) is 12.3 Å². The van der Waals surface area contributed by atoms with Crippen LogP contribution in [0.3, 0.4) is 0 Å². The first-order chi connectivity index (χ1) is 9.20. The fourth-order valence-corrected chi connectivity index (χ4v) is 2.79. The summed E-state index contributed by atoms with van der Waals surface area (Å²) in [5.41, 5.74) is 3.41. The summed E-state index contributed by atoms with van der Waals surface area (Å²) >= 11 is 9.43. The van der Waals surface area contributed by atoms with E-state index >= 15 is 0 Å². The third kappa shape index (κ3) is 3.95. The van der Waals surface area contributed by atoms with E-state index in [0.29, 0.717) is 5.88 Å². The minimum absolute atomic E-state index is 0.538. The van der Waals surface area contributed by atoms with E-state index in [9.17, 15) is 0 Å². The van der Waals surface area contributed by atoms with Crippen molar-refractivity contribution in [3.05, 3.63) is 58.3 Å². The van der Waals surface area contributed by atoms with E-state index in [4.69, 9.17) is 11.6 Å². The van der Waals surface area contributed by atoms with Gasteiger partial charge < -0.3 is 4.90 Å². The molecule has 0 bridgehead atoms. The van der Waals surface area contributed by atoms with Crippen molar-refractivity contribution in [3.63, 3.8) is 0 Å². The first kappa shape index (κ1) is 14.4. The van der Waals surface area contributed by atoms with Crippen LogP contribution < -0.4 is 4.90 Å². The molecule has 2 nitrogen and oxygen atoms in total. The second-order valence-corrected chi connectivity index (χ2v) is 5.53. The van der Waals surface area contributed by atoms with Crippen molar-refractivity contribution < 1.29 is 0 Å². The number of hydrogen-bond acceptors (Lipinski definition) is 2. The van der Waals surface area contributed by atoms with Crippen LogP contribution >= 0.6 is 27.5 Å². The first-order valence-corrected chi connectivity index (χ1v) is 7.49. The third-order valence-corrected chi connectivity index (χ3v) is 3.95. The molecule has 1 aromatic heterocycles. The SMILES string of the molecule is CN(CCc1ccccn1)c1ccc(CCl)cc1Br. The van der Waals surface area contributed by atoms with E-state index in [1.54, 1.807) is 0 Å². The average Bonchev–Trinajstić information content (AvgIpc) is 2.45. The molecule has 1 heterocycles. The van der Waals surface area contributed by atoms with Gasteiger partial charge in [0.25, 0.3) is 0 Å². The maximum absolute atomic E-state index is 5.83. The number of alkyl halides is 1. The Bertz CT molecular complexity index is 531. The molecule has 100 valence electrons. The van der Waals surface area contributed by atoms with E-state index in [2.05, 4.69) is 57.1 Å². The van der Waals surface area contributed by atoms with Crippen molar-refractivity contribution in [3.8, 4) is 0 Å². The fourth-order valence-electron chi connectivity index (χ4n) is 1.89. The molecular weight excluding hydrogens is 324 g/mol. The van der Waals surface area contributed by atoms with Crippen molar-refractivity contribution in [2.45, 2.75) is 12.3 Å². The standard InChI is InChI=1S/C15H16BrClN2/c1-19(9-7-13-4-2-3-8-18-13)15-6-5-12(11-17)10-14(15)16/h2-6,8,10H,7,9,11H2,1H3. The van der Waals surface area contributed by atoms with Crippen molar-refractivity contribution in [2.75, 3.05) is 18.5 Å². The summed E-state index contributed by atoms with van der Waals surface area (Å²) in [6.07, 6.45) is 2.77. The maximum Gasteiger partial charge on any atom is 0.0508 e. The van der Waals surface area contributed by atoms with Gasteiger partial charge in [0.15, 0.2) is 0 Å². The molecule has 0 fully saturated rings. The Hall–Kier alpha value is -1.06. The molecular formula is C15H16BrClN2. The van der Waals surface area contributed by atoms with E-state index in [1.807, 2.05) is 18.3 Å². The van der Waals surface area contributed by atoms with E-state index in [-0.39, 0.29) is 0 Å². The van der Waals surface area contributed by atoms with Gasteiger partial charge in [-0.25, -0.2) is 0 Å². The molecule has 0 saturated heterocycles. The van der Waals surface area contributed by atoms with Gasteiger partial charge in [-0.05, 0) is 45.8 Å². The summed E-state index contributed by atoms with van der Waals surface area (Å²) in [6.45, 7) is 0.926. The molecule has 0 spiro atoms. The van der Waals surface area contributed by atoms with Gasteiger partial charge in [0.1, 0.15) is 0 Å². The van der Waals surface area contributed by atoms with Crippen LogP contribution in [0.4, 0.5) is 5.69 Å². The van der Waals surface area contributed by atoms with E-state index < -0.39 is 0 Å². The van der Waals surface area contributed by atoms with Crippen LogP contribution in [-0.4, -0.2) is 18.6 Å². The number of anilines is 1. The molecule has 0 unspecified atom stereocenters. The largest absolute Gasteiger partial charge is 0.373 e. The van der Waals surface area contributed by atoms with E-state index in [1.165, 1.54) is 5.69 Å². The zero-order valence-corrected chi connectivity index (χ0v) is 13.2. The Kier molecular flexibility index (Phi) is 5.23. The summed E-state index contributed by atoms with van der Waals surface area (Å²) in [6, 6.07) is 12.2. The van der Waals surface area contributed by atoms with Gasteiger partial charge in [0, 0.05) is 42.3 Å². The minimum Gasteiger partial charge on any atom is -0.373 e. The number of aromatic nitrogens is 1. The van der Waals surface area contributed by atoms with Crippen molar-refractivity contribution in [1.82, 2.24) is 4.98 Å². The van der Waals surface area contributed by atoms with Gasteiger partial charge in [-0.2, -0.15) is 0 Å². The Labute approximate surface area is 127 Å². The lowest BCUT2D eigenvalue weighted by Crippen LogP contribution is -2.21. The van der Waals surface area contributed by atoms with Crippen LogP contribution in [0.15, 0.2) is 47.1 Å². The summed E-state index contributed by atoms with van der Waals surface area (Å²) in [4.78, 5) is 6.56. The highest BCUT2D eigenvalue weighted by atomic mass is 79.9. The Morgan fingerprint density at radius 3 is 2.74 bits per heavy atom. The zero-order valence-electron chi connectivity index (χ0n) is 10.8. The number of hydrogen-bond donors (Lipinski definition) is 0. The topological polar surface area (TPSA) is 16.1 Å². The normalized spacial score (nSPS) is 10.5. The molecule has 1 aromatic carbocycles. The quantitative estimate of drug-likeness (QED) is 0.757. The highest BCUT2D eigenvalue weighted by Crippen LogP contribution is 2.27. The molecule has 0 N–H and O–H groups in total. The second kappa shape index (κ2) is 6.92. The molecule has 4 heteroatoms. The monoisotopic (exact) mass is 338 g/mol. The Balaban J connectivity index is 2.02. The number of likely N-dealkylation sites (N-methyl/N-ethyl adjacent to an activating group) is 1. The van der Waals surface area contributed by atoms with Crippen LogP contribution in [0.5, 0.6) is 0 Å². The van der Waals surface area contributed by atoms with Crippen molar-refractivity contribution in [2.24, 2.45) is 0 Å². The van der Waals surface area contributed by atoms with E-state index in [0.717, 1.165) is 28.7 Å². The highest BCUT2D eigenvalue weighted by molar-refractivity contribution is 9.10. The minimum atomic E-state index is 0.538. The van der Waals surface area contributed by atoms with Crippen LogP contribution in [0.2, 0.25) is 0 Å². The first-order valence-electron chi connectivity index (χ1n) is 6.16. The number of nitrogens with zero attached hydrogens (tertiary/aromatic N) is 2. The average molecular weight is 340 g/mol. The summed E-state index contributed by atoms with van der Waals surface area (Å²) in [7, 11) is 2.09. The number of benzene rings is 1. The smallest absolute Gasteiger partial charge is 0.0508 e. The van der Waals surface area contributed by atoms with Crippen molar-refractivity contribution in [1.29, 1.82) is 0 Å². The van der Waals surface area contributed by atoms with Gasteiger partial charge in [-0.3, -0.25) is 4.98 Å². The number of halogens is 2.